The van der Waals surface area contributed by atoms with Crippen LogP contribution in [0.25, 0.3) is 6.08 Å². The summed E-state index contributed by atoms with van der Waals surface area (Å²) >= 11 is 0. The van der Waals surface area contributed by atoms with Crippen LogP contribution in [0, 0.1) is 0 Å². The lowest BCUT2D eigenvalue weighted by Gasteiger charge is -2.04. The van der Waals surface area contributed by atoms with Gasteiger partial charge in [0.05, 0.1) is 12.2 Å². The first-order valence-electron chi connectivity index (χ1n) is 13.8. The summed E-state index contributed by atoms with van der Waals surface area (Å²) in [5.41, 5.74) is 1.00. The summed E-state index contributed by atoms with van der Waals surface area (Å²) in [4.78, 5) is 22.6. The average Bonchev–Trinajstić information content (AvgIpc) is 2.84. The lowest BCUT2D eigenvalue weighted by Crippen LogP contribution is -2.02. The standard InChI is InChI=1S/C30H48O4/c1-2-3-4-5-6-7-8-9-10-11-12-13-14-15-16-17-18-19-26-34-29(31)25-22-27-20-23-28(24-21-27)30(32)33/h20-25H,2-19,26H2,1H3,(H,32,33). The van der Waals surface area contributed by atoms with E-state index in [1.807, 2.05) is 0 Å². The predicted molar refractivity (Wildman–Crippen MR) is 142 cm³/mol. The Balaban J connectivity index is 1.83. The van der Waals surface area contributed by atoms with Gasteiger partial charge < -0.3 is 9.84 Å². The molecule has 0 aliphatic rings. The fraction of sp³-hybridized carbons (Fsp3) is 0.667. The second kappa shape index (κ2) is 21.4. The maximum absolute atomic E-state index is 11.8. The number of benzene rings is 1. The molecule has 0 fully saturated rings. The lowest BCUT2D eigenvalue weighted by atomic mass is 10.0. The Kier molecular flexibility index (Phi) is 18.9. The van der Waals surface area contributed by atoms with E-state index in [1.54, 1.807) is 18.2 Å². The summed E-state index contributed by atoms with van der Waals surface area (Å²) in [6.07, 6.45) is 27.1. The van der Waals surface area contributed by atoms with Crippen molar-refractivity contribution in [1.82, 2.24) is 0 Å². The minimum atomic E-state index is -0.959. The molecule has 1 N–H and O–H groups in total. The van der Waals surface area contributed by atoms with Gasteiger partial charge in [0.15, 0.2) is 0 Å². The zero-order valence-corrected chi connectivity index (χ0v) is 21.6. The fourth-order valence-corrected chi connectivity index (χ4v) is 4.13. The Morgan fingerprint density at radius 2 is 1.09 bits per heavy atom. The molecule has 0 bridgehead atoms. The van der Waals surface area contributed by atoms with Gasteiger partial charge in [-0.1, -0.05) is 128 Å². The van der Waals surface area contributed by atoms with Crippen LogP contribution in [0.4, 0.5) is 0 Å². The van der Waals surface area contributed by atoms with E-state index in [4.69, 9.17) is 9.84 Å². The first-order chi connectivity index (χ1) is 16.6. The Hall–Kier alpha value is -2.10. The van der Waals surface area contributed by atoms with Crippen LogP contribution in [-0.2, 0) is 9.53 Å². The van der Waals surface area contributed by atoms with Crippen molar-refractivity contribution in [2.45, 2.75) is 122 Å². The van der Waals surface area contributed by atoms with E-state index >= 15 is 0 Å². The highest BCUT2D eigenvalue weighted by atomic mass is 16.5. The van der Waals surface area contributed by atoms with E-state index in [0.29, 0.717) is 6.61 Å². The smallest absolute Gasteiger partial charge is 0.335 e. The number of hydrogen-bond donors (Lipinski definition) is 1. The highest BCUT2D eigenvalue weighted by Gasteiger charge is 2.01. The second-order valence-electron chi connectivity index (χ2n) is 9.44. The summed E-state index contributed by atoms with van der Waals surface area (Å²) in [6.45, 7) is 2.74. The average molecular weight is 473 g/mol. The summed E-state index contributed by atoms with van der Waals surface area (Å²) < 4.78 is 5.23. The lowest BCUT2D eigenvalue weighted by molar-refractivity contribution is -0.137. The molecular weight excluding hydrogens is 424 g/mol. The van der Waals surface area contributed by atoms with Gasteiger partial charge in [0.2, 0.25) is 0 Å². The van der Waals surface area contributed by atoms with E-state index in [1.165, 1.54) is 121 Å². The number of ether oxygens (including phenoxy) is 1. The van der Waals surface area contributed by atoms with Gasteiger partial charge in [0.1, 0.15) is 0 Å². The molecule has 1 aromatic rings. The summed E-state index contributed by atoms with van der Waals surface area (Å²) in [6, 6.07) is 6.38. The van der Waals surface area contributed by atoms with Crippen LogP contribution in [0.15, 0.2) is 30.3 Å². The zero-order chi connectivity index (χ0) is 24.7. The quantitative estimate of drug-likeness (QED) is 0.104. The maximum Gasteiger partial charge on any atom is 0.335 e. The van der Waals surface area contributed by atoms with Crippen molar-refractivity contribution in [3.8, 4) is 0 Å². The Morgan fingerprint density at radius 3 is 1.50 bits per heavy atom. The van der Waals surface area contributed by atoms with Gasteiger partial charge in [-0.2, -0.15) is 0 Å². The number of hydrogen-bond acceptors (Lipinski definition) is 3. The van der Waals surface area contributed by atoms with E-state index in [-0.39, 0.29) is 11.5 Å². The van der Waals surface area contributed by atoms with Gasteiger partial charge in [-0.05, 0) is 30.2 Å². The number of esters is 1. The third kappa shape index (κ3) is 17.4. The van der Waals surface area contributed by atoms with Gasteiger partial charge in [-0.15, -0.1) is 0 Å². The molecule has 4 nitrogen and oxygen atoms in total. The van der Waals surface area contributed by atoms with Gasteiger partial charge >= 0.3 is 11.9 Å². The van der Waals surface area contributed by atoms with Gasteiger partial charge in [-0.3, -0.25) is 0 Å². The molecule has 0 unspecified atom stereocenters. The first-order valence-corrected chi connectivity index (χ1v) is 13.8. The minimum Gasteiger partial charge on any atom is -0.478 e. The van der Waals surface area contributed by atoms with Crippen molar-refractivity contribution in [2.24, 2.45) is 0 Å². The number of carbonyl (C=O) groups is 2. The van der Waals surface area contributed by atoms with Crippen molar-refractivity contribution >= 4 is 18.0 Å². The monoisotopic (exact) mass is 472 g/mol. The molecule has 0 saturated heterocycles. The molecule has 192 valence electrons. The van der Waals surface area contributed by atoms with Gasteiger partial charge in [0, 0.05) is 6.08 Å². The van der Waals surface area contributed by atoms with Crippen LogP contribution in [0.5, 0.6) is 0 Å². The van der Waals surface area contributed by atoms with Crippen LogP contribution >= 0.6 is 0 Å². The second-order valence-corrected chi connectivity index (χ2v) is 9.44. The Bertz CT molecular complexity index is 663. The van der Waals surface area contributed by atoms with E-state index in [2.05, 4.69) is 6.92 Å². The number of unbranched alkanes of at least 4 members (excludes halogenated alkanes) is 17. The number of carboxylic acid groups (broad SMARTS) is 1. The molecule has 0 aliphatic carbocycles. The first kappa shape index (κ1) is 29.9. The molecule has 0 aromatic heterocycles. The van der Waals surface area contributed by atoms with Crippen molar-refractivity contribution in [3.63, 3.8) is 0 Å². The number of carbonyl (C=O) groups excluding carboxylic acids is 1. The van der Waals surface area contributed by atoms with E-state index in [9.17, 15) is 9.59 Å². The third-order valence-electron chi connectivity index (χ3n) is 6.31. The molecule has 1 aromatic carbocycles. The molecule has 0 aliphatic heterocycles. The predicted octanol–water partition coefficient (Wildman–Crippen LogP) is 8.98. The normalized spacial score (nSPS) is 11.2. The topological polar surface area (TPSA) is 63.6 Å². The summed E-state index contributed by atoms with van der Waals surface area (Å²) in [7, 11) is 0. The molecule has 0 radical (unpaired) electrons. The Labute approximate surface area is 208 Å². The summed E-state index contributed by atoms with van der Waals surface area (Å²) in [5, 5.41) is 8.89. The van der Waals surface area contributed by atoms with Gasteiger partial charge in [-0.25, -0.2) is 9.59 Å². The number of rotatable bonds is 22. The molecule has 0 heterocycles. The highest BCUT2D eigenvalue weighted by Crippen LogP contribution is 2.14. The molecule has 0 amide bonds. The van der Waals surface area contributed by atoms with Gasteiger partial charge in [0.25, 0.3) is 0 Å². The number of carboxylic acids is 1. The SMILES string of the molecule is CCCCCCCCCCCCCCCCCCCCOC(=O)C=Cc1ccc(C(=O)O)cc1. The largest absolute Gasteiger partial charge is 0.478 e. The van der Waals surface area contributed by atoms with Crippen LogP contribution in [0.3, 0.4) is 0 Å². The Morgan fingerprint density at radius 1 is 0.676 bits per heavy atom. The molecule has 0 atom stereocenters. The van der Waals surface area contributed by atoms with E-state index < -0.39 is 5.97 Å². The third-order valence-corrected chi connectivity index (χ3v) is 6.31. The molecule has 4 heteroatoms. The molecule has 0 saturated carbocycles. The van der Waals surface area contributed by atoms with E-state index in [0.717, 1.165) is 18.4 Å². The van der Waals surface area contributed by atoms with Crippen molar-refractivity contribution in [2.75, 3.05) is 6.61 Å². The van der Waals surface area contributed by atoms with Crippen LogP contribution in [0.1, 0.15) is 138 Å². The van der Waals surface area contributed by atoms with Crippen LogP contribution < -0.4 is 0 Å². The van der Waals surface area contributed by atoms with Crippen molar-refractivity contribution in [3.05, 3.63) is 41.5 Å². The molecular formula is C30H48O4. The van der Waals surface area contributed by atoms with Crippen LogP contribution in [-0.4, -0.2) is 23.7 Å². The maximum atomic E-state index is 11.8. The zero-order valence-electron chi connectivity index (χ0n) is 21.6. The van der Waals surface area contributed by atoms with Crippen LogP contribution in [0.2, 0.25) is 0 Å². The highest BCUT2D eigenvalue weighted by molar-refractivity contribution is 5.89. The van der Waals surface area contributed by atoms with Crippen molar-refractivity contribution in [1.29, 1.82) is 0 Å². The molecule has 1 rings (SSSR count). The molecule has 34 heavy (non-hydrogen) atoms. The minimum absolute atomic E-state index is 0.230. The van der Waals surface area contributed by atoms with Crippen molar-refractivity contribution < 1.29 is 19.4 Å². The number of aromatic carboxylic acids is 1. The fourth-order valence-electron chi connectivity index (χ4n) is 4.13. The molecule has 0 spiro atoms. The summed E-state index contributed by atoms with van der Waals surface area (Å²) in [5.74, 6) is -1.31.